The van der Waals surface area contributed by atoms with E-state index >= 15 is 0 Å². The maximum Gasteiger partial charge on any atom is 0.334 e. The number of esters is 1. The zero-order chi connectivity index (χ0) is 23.6. The molecule has 0 amide bonds. The molecule has 3 fully saturated rings. The van der Waals surface area contributed by atoms with Crippen molar-refractivity contribution in [2.45, 2.75) is 102 Å². The number of fused-ring (bicyclic) bond motifs is 3. The van der Waals surface area contributed by atoms with Gasteiger partial charge in [-0.2, -0.15) is 0 Å². The van der Waals surface area contributed by atoms with Crippen LogP contribution in [-0.4, -0.2) is 39.8 Å². The Morgan fingerprint density at radius 1 is 1.06 bits per heavy atom. The molecule has 2 heterocycles. The summed E-state index contributed by atoms with van der Waals surface area (Å²) in [4.78, 5) is 25.9. The highest BCUT2D eigenvalue weighted by Gasteiger charge is 2.84. The SMILES string of the molecule is CC1=C(C)C(=O)O[C@@H]([C@]2(C)O[C@@]34CC[C@@]2(O)[C@@]3(C)CC[C@H]2[C@H]4CC=C3C=CCC(=O)[C@@]32C)C1. The van der Waals surface area contributed by atoms with Crippen LogP contribution in [0.25, 0.3) is 0 Å². The first kappa shape index (κ1) is 21.8. The van der Waals surface area contributed by atoms with E-state index in [4.69, 9.17) is 9.47 Å². The van der Waals surface area contributed by atoms with Gasteiger partial charge < -0.3 is 14.6 Å². The first-order valence-corrected chi connectivity index (χ1v) is 12.6. The summed E-state index contributed by atoms with van der Waals surface area (Å²) in [7, 11) is 0. The van der Waals surface area contributed by atoms with Gasteiger partial charge in [-0.05, 0) is 77.2 Å². The van der Waals surface area contributed by atoms with Crippen LogP contribution in [0, 0.1) is 22.7 Å². The molecule has 6 rings (SSSR count). The van der Waals surface area contributed by atoms with E-state index in [-0.39, 0.29) is 17.8 Å². The predicted molar refractivity (Wildman–Crippen MR) is 123 cm³/mol. The molecule has 2 saturated carbocycles. The first-order chi connectivity index (χ1) is 15.4. The van der Waals surface area contributed by atoms with Crippen LogP contribution in [-0.2, 0) is 19.1 Å². The summed E-state index contributed by atoms with van der Waals surface area (Å²) in [6, 6.07) is 0. The number of carbonyl (C=O) groups excluding carboxylic acids is 2. The van der Waals surface area contributed by atoms with Crippen molar-refractivity contribution in [3.8, 4) is 0 Å². The summed E-state index contributed by atoms with van der Waals surface area (Å²) >= 11 is 0. The first-order valence-electron chi connectivity index (χ1n) is 12.6. The molecule has 0 aromatic heterocycles. The van der Waals surface area contributed by atoms with Crippen molar-refractivity contribution in [2.75, 3.05) is 0 Å². The molecule has 0 unspecified atom stereocenters. The van der Waals surface area contributed by atoms with Gasteiger partial charge in [0.25, 0.3) is 0 Å². The van der Waals surface area contributed by atoms with Gasteiger partial charge in [-0.15, -0.1) is 0 Å². The molecule has 1 saturated heterocycles. The van der Waals surface area contributed by atoms with Crippen LogP contribution < -0.4 is 0 Å². The van der Waals surface area contributed by atoms with Crippen LogP contribution in [0.3, 0.4) is 0 Å². The summed E-state index contributed by atoms with van der Waals surface area (Å²) in [6.45, 7) is 10.1. The van der Waals surface area contributed by atoms with Crippen molar-refractivity contribution in [2.24, 2.45) is 22.7 Å². The largest absolute Gasteiger partial charge is 0.455 e. The van der Waals surface area contributed by atoms with Crippen LogP contribution in [0.2, 0.25) is 0 Å². The number of allylic oxidation sites excluding steroid dienone is 4. The van der Waals surface area contributed by atoms with Gasteiger partial charge in [-0.1, -0.05) is 30.7 Å². The Morgan fingerprint density at radius 2 is 1.82 bits per heavy atom. The summed E-state index contributed by atoms with van der Waals surface area (Å²) in [6.07, 6.45) is 11.0. The number of aliphatic hydroxyl groups is 1. The molecule has 0 aromatic rings. The normalized spacial score (nSPS) is 52.8. The van der Waals surface area contributed by atoms with Gasteiger partial charge in [0, 0.05) is 23.8 Å². The molecule has 1 N–H and O–H groups in total. The fourth-order valence-electron chi connectivity index (χ4n) is 9.09. The second-order valence-corrected chi connectivity index (χ2v) is 12.2. The van der Waals surface area contributed by atoms with Crippen molar-refractivity contribution in [1.82, 2.24) is 0 Å². The van der Waals surface area contributed by atoms with E-state index in [9.17, 15) is 14.7 Å². The van der Waals surface area contributed by atoms with Crippen LogP contribution >= 0.6 is 0 Å². The lowest BCUT2D eigenvalue weighted by atomic mass is 9.46. The second-order valence-electron chi connectivity index (χ2n) is 12.2. The third-order valence-corrected chi connectivity index (χ3v) is 11.4. The van der Waals surface area contributed by atoms with Gasteiger partial charge in [-0.3, -0.25) is 4.79 Å². The monoisotopic (exact) mass is 452 g/mol. The molecule has 5 nitrogen and oxygen atoms in total. The van der Waals surface area contributed by atoms with Gasteiger partial charge in [-0.25, -0.2) is 4.79 Å². The smallest absolute Gasteiger partial charge is 0.334 e. The van der Waals surface area contributed by atoms with E-state index in [0.29, 0.717) is 30.6 Å². The summed E-state index contributed by atoms with van der Waals surface area (Å²) in [5.74, 6) is 0.359. The number of cyclic esters (lactones) is 1. The zero-order valence-corrected chi connectivity index (χ0v) is 20.5. The van der Waals surface area contributed by atoms with Crippen LogP contribution in [0.4, 0.5) is 0 Å². The lowest BCUT2D eigenvalue weighted by molar-refractivity contribution is -0.247. The van der Waals surface area contributed by atoms with Crippen LogP contribution in [0.5, 0.6) is 0 Å². The maximum atomic E-state index is 13.3. The highest BCUT2D eigenvalue weighted by atomic mass is 16.6. The van der Waals surface area contributed by atoms with Crippen molar-refractivity contribution in [1.29, 1.82) is 0 Å². The Balaban J connectivity index is 1.46. The molecular weight excluding hydrogens is 416 g/mol. The number of hydrogen-bond acceptors (Lipinski definition) is 5. The molecule has 2 aliphatic heterocycles. The highest BCUT2D eigenvalue weighted by molar-refractivity contribution is 5.92. The molecule has 33 heavy (non-hydrogen) atoms. The van der Waals surface area contributed by atoms with Crippen LogP contribution in [0.15, 0.2) is 34.9 Å². The molecule has 6 aliphatic rings. The lowest BCUT2D eigenvalue weighted by Crippen LogP contribution is -2.63. The number of hydrogen-bond donors (Lipinski definition) is 1. The molecule has 0 aromatic carbocycles. The highest BCUT2D eigenvalue weighted by Crippen LogP contribution is 2.77. The second kappa shape index (κ2) is 6.28. The van der Waals surface area contributed by atoms with Gasteiger partial charge >= 0.3 is 5.97 Å². The van der Waals surface area contributed by atoms with Gasteiger partial charge in [0.1, 0.15) is 23.1 Å². The van der Waals surface area contributed by atoms with Crippen molar-refractivity contribution >= 4 is 11.8 Å². The fraction of sp³-hybridized carbons (Fsp3) is 0.714. The van der Waals surface area contributed by atoms with E-state index in [1.54, 1.807) is 6.92 Å². The number of carbonyl (C=O) groups is 2. The quantitative estimate of drug-likeness (QED) is 0.589. The Labute approximate surface area is 196 Å². The Morgan fingerprint density at radius 3 is 2.55 bits per heavy atom. The maximum absolute atomic E-state index is 13.3. The topological polar surface area (TPSA) is 72.8 Å². The summed E-state index contributed by atoms with van der Waals surface area (Å²) in [5.41, 5.74) is -0.681. The number of Topliss-reactive ketones (excluding diaryl/α,β-unsaturated/α-hetero) is 1. The minimum Gasteiger partial charge on any atom is -0.455 e. The van der Waals surface area contributed by atoms with Crippen molar-refractivity contribution in [3.63, 3.8) is 0 Å². The molecule has 0 radical (unpaired) electrons. The van der Waals surface area contributed by atoms with Crippen LogP contribution in [0.1, 0.15) is 79.6 Å². The molecule has 0 spiro atoms. The van der Waals surface area contributed by atoms with Gasteiger partial charge in [0.05, 0.1) is 11.0 Å². The fourth-order valence-corrected chi connectivity index (χ4v) is 9.09. The molecule has 4 aliphatic carbocycles. The molecule has 2 bridgehead atoms. The Bertz CT molecular complexity index is 1070. The third-order valence-electron chi connectivity index (χ3n) is 11.4. The summed E-state index contributed by atoms with van der Waals surface area (Å²) < 4.78 is 13.1. The predicted octanol–water partition coefficient (Wildman–Crippen LogP) is 4.59. The molecule has 5 heteroatoms. The minimum absolute atomic E-state index is 0.161. The number of rotatable bonds is 1. The minimum atomic E-state index is -1.08. The van der Waals surface area contributed by atoms with E-state index in [2.05, 4.69) is 26.0 Å². The average Bonchev–Trinajstić information content (AvgIpc) is 3.10. The van der Waals surface area contributed by atoms with Gasteiger partial charge in [0.15, 0.2) is 0 Å². The van der Waals surface area contributed by atoms with E-state index in [1.165, 1.54) is 0 Å². The standard InChI is InChI=1S/C28H36O5/c1-16-15-22(32-23(30)17(16)2)26(5)28(31)14-13-27(33-26)20-10-9-18-7-6-8-21(29)25(18,4)19(20)11-12-24(27,28)3/h6-7,9,19-20,22,31H,8,10-15H2,1-5H3/t19-,20+,22+,24-,25-,26-,27+,28+/m0/s1. The summed E-state index contributed by atoms with van der Waals surface area (Å²) in [5, 5.41) is 12.4. The molecule has 178 valence electrons. The number of ketones is 1. The lowest BCUT2D eigenvalue weighted by Gasteiger charge is -2.59. The Kier molecular flexibility index (Phi) is 4.15. The van der Waals surface area contributed by atoms with E-state index in [0.717, 1.165) is 36.8 Å². The third kappa shape index (κ3) is 2.18. The zero-order valence-electron chi connectivity index (χ0n) is 20.5. The number of ether oxygens (including phenoxy) is 2. The van der Waals surface area contributed by atoms with Crippen molar-refractivity contribution in [3.05, 3.63) is 34.9 Å². The molecule has 8 atom stereocenters. The van der Waals surface area contributed by atoms with Crippen molar-refractivity contribution < 1.29 is 24.2 Å². The van der Waals surface area contributed by atoms with Gasteiger partial charge in [0.2, 0.25) is 0 Å². The van der Waals surface area contributed by atoms with E-state index < -0.39 is 33.7 Å². The van der Waals surface area contributed by atoms with E-state index in [1.807, 2.05) is 19.9 Å². The Hall–Kier alpha value is -1.72. The molecular formula is C28H36O5. The average molecular weight is 453 g/mol.